The van der Waals surface area contributed by atoms with E-state index in [2.05, 4.69) is 12.2 Å². The lowest BCUT2D eigenvalue weighted by atomic mass is 9.80. The molecule has 2 heteroatoms. The van der Waals surface area contributed by atoms with E-state index in [4.69, 9.17) is 4.74 Å². The molecular formula is C16H29NO. The predicted octanol–water partition coefficient (Wildman–Crippen LogP) is 3.65. The van der Waals surface area contributed by atoms with Crippen LogP contribution in [0.15, 0.2) is 0 Å². The van der Waals surface area contributed by atoms with Crippen LogP contribution in [0.5, 0.6) is 0 Å². The van der Waals surface area contributed by atoms with Gasteiger partial charge in [-0.05, 0) is 51.4 Å². The Kier molecular flexibility index (Phi) is 3.95. The highest BCUT2D eigenvalue weighted by Gasteiger charge is 2.40. The van der Waals surface area contributed by atoms with Crippen LogP contribution in [0.3, 0.4) is 0 Å². The van der Waals surface area contributed by atoms with Crippen molar-refractivity contribution < 1.29 is 4.74 Å². The highest BCUT2D eigenvalue weighted by Crippen LogP contribution is 2.41. The number of hydrogen-bond donors (Lipinski definition) is 1. The maximum Gasteiger partial charge on any atom is 0.0708 e. The summed E-state index contributed by atoms with van der Waals surface area (Å²) >= 11 is 0. The van der Waals surface area contributed by atoms with Crippen molar-refractivity contribution in [2.24, 2.45) is 5.92 Å². The topological polar surface area (TPSA) is 21.3 Å². The van der Waals surface area contributed by atoms with E-state index < -0.39 is 0 Å². The predicted molar refractivity (Wildman–Crippen MR) is 74.7 cm³/mol. The molecule has 1 heterocycles. The first-order valence-electron chi connectivity index (χ1n) is 8.19. The summed E-state index contributed by atoms with van der Waals surface area (Å²) in [7, 11) is 0. The lowest BCUT2D eigenvalue weighted by Gasteiger charge is -2.35. The van der Waals surface area contributed by atoms with Crippen molar-refractivity contribution >= 4 is 0 Å². The van der Waals surface area contributed by atoms with Crippen molar-refractivity contribution in [3.63, 3.8) is 0 Å². The third-order valence-electron chi connectivity index (χ3n) is 5.63. The Labute approximate surface area is 112 Å². The minimum atomic E-state index is 0.296. The minimum absolute atomic E-state index is 0.296. The molecule has 3 aliphatic rings. The second-order valence-corrected chi connectivity index (χ2v) is 6.91. The summed E-state index contributed by atoms with van der Waals surface area (Å²) in [6.07, 6.45) is 14.2. The van der Waals surface area contributed by atoms with Crippen molar-refractivity contribution in [3.05, 3.63) is 0 Å². The minimum Gasteiger partial charge on any atom is -0.370 e. The Hall–Kier alpha value is -0.0800. The highest BCUT2D eigenvalue weighted by molar-refractivity contribution is 4.92. The fourth-order valence-corrected chi connectivity index (χ4v) is 4.03. The third kappa shape index (κ3) is 2.75. The zero-order valence-corrected chi connectivity index (χ0v) is 11.9. The molecule has 0 aromatic heterocycles. The normalized spacial score (nSPS) is 33.5. The Bertz CT molecular complexity index is 268. The van der Waals surface area contributed by atoms with Crippen LogP contribution >= 0.6 is 0 Å². The van der Waals surface area contributed by atoms with E-state index >= 15 is 0 Å². The van der Waals surface area contributed by atoms with Crippen molar-refractivity contribution in [1.29, 1.82) is 0 Å². The summed E-state index contributed by atoms with van der Waals surface area (Å²) in [6.45, 7) is 3.44. The van der Waals surface area contributed by atoms with Gasteiger partial charge in [0.15, 0.2) is 0 Å². The third-order valence-corrected chi connectivity index (χ3v) is 5.63. The molecule has 2 nitrogen and oxygen atoms in total. The summed E-state index contributed by atoms with van der Waals surface area (Å²) in [4.78, 5) is 0. The molecular weight excluding hydrogens is 222 g/mol. The lowest BCUT2D eigenvalue weighted by molar-refractivity contribution is -0.0634. The van der Waals surface area contributed by atoms with Gasteiger partial charge < -0.3 is 10.1 Å². The van der Waals surface area contributed by atoms with Gasteiger partial charge in [0.05, 0.1) is 11.7 Å². The maximum atomic E-state index is 6.41. The summed E-state index contributed by atoms with van der Waals surface area (Å²) in [5, 5.41) is 3.72. The fourth-order valence-electron chi connectivity index (χ4n) is 4.03. The highest BCUT2D eigenvalue weighted by atomic mass is 16.5. The summed E-state index contributed by atoms with van der Waals surface area (Å²) in [5.74, 6) is 0.940. The Morgan fingerprint density at radius 2 is 1.83 bits per heavy atom. The second kappa shape index (κ2) is 5.50. The molecule has 0 radical (unpaired) electrons. The average molecular weight is 251 g/mol. The van der Waals surface area contributed by atoms with E-state index in [1.54, 1.807) is 0 Å². The van der Waals surface area contributed by atoms with Crippen LogP contribution in [0.1, 0.15) is 71.1 Å². The van der Waals surface area contributed by atoms with Crippen molar-refractivity contribution in [3.8, 4) is 0 Å². The van der Waals surface area contributed by atoms with Crippen LogP contribution in [0, 0.1) is 5.92 Å². The SMILES string of the molecule is CC(NCC1CCC2(CCCCC2)O1)C1CCC1. The maximum absolute atomic E-state index is 6.41. The average Bonchev–Trinajstić information content (AvgIpc) is 2.69. The van der Waals surface area contributed by atoms with Gasteiger partial charge in [-0.1, -0.05) is 25.7 Å². The lowest BCUT2D eigenvalue weighted by Crippen LogP contribution is -2.41. The van der Waals surface area contributed by atoms with Gasteiger partial charge in [-0.15, -0.1) is 0 Å². The number of rotatable bonds is 4. The van der Waals surface area contributed by atoms with Crippen LogP contribution in [0.2, 0.25) is 0 Å². The standard InChI is InChI=1S/C16H29NO/c1-13(14-6-5-7-14)17-12-15-8-11-16(18-15)9-3-2-4-10-16/h13-15,17H,2-12H2,1H3. The largest absolute Gasteiger partial charge is 0.370 e. The van der Waals surface area contributed by atoms with Gasteiger partial charge in [0.25, 0.3) is 0 Å². The van der Waals surface area contributed by atoms with E-state index in [0.29, 0.717) is 17.7 Å². The van der Waals surface area contributed by atoms with Gasteiger partial charge in [0.2, 0.25) is 0 Å². The van der Waals surface area contributed by atoms with Crippen LogP contribution < -0.4 is 5.32 Å². The van der Waals surface area contributed by atoms with Gasteiger partial charge in [-0.3, -0.25) is 0 Å². The van der Waals surface area contributed by atoms with E-state index in [1.807, 2.05) is 0 Å². The monoisotopic (exact) mass is 251 g/mol. The molecule has 0 aromatic rings. The van der Waals surface area contributed by atoms with Crippen LogP contribution in [0.25, 0.3) is 0 Å². The molecule has 0 aromatic carbocycles. The molecule has 2 unspecified atom stereocenters. The zero-order chi connectivity index (χ0) is 12.4. The zero-order valence-electron chi connectivity index (χ0n) is 11.9. The van der Waals surface area contributed by atoms with Gasteiger partial charge in [0, 0.05) is 12.6 Å². The fraction of sp³-hybridized carbons (Fsp3) is 1.00. The van der Waals surface area contributed by atoms with Crippen molar-refractivity contribution in [1.82, 2.24) is 5.32 Å². The van der Waals surface area contributed by atoms with Gasteiger partial charge in [0.1, 0.15) is 0 Å². The van der Waals surface area contributed by atoms with Crippen molar-refractivity contribution in [2.45, 2.75) is 88.9 Å². The smallest absolute Gasteiger partial charge is 0.0708 e. The molecule has 1 N–H and O–H groups in total. The number of hydrogen-bond acceptors (Lipinski definition) is 2. The van der Waals surface area contributed by atoms with Gasteiger partial charge in [-0.2, -0.15) is 0 Å². The molecule has 18 heavy (non-hydrogen) atoms. The molecule has 1 spiro atoms. The van der Waals surface area contributed by atoms with Gasteiger partial charge >= 0.3 is 0 Å². The van der Waals surface area contributed by atoms with E-state index in [1.165, 1.54) is 64.2 Å². The Morgan fingerprint density at radius 1 is 1.06 bits per heavy atom. The van der Waals surface area contributed by atoms with Crippen molar-refractivity contribution in [2.75, 3.05) is 6.54 Å². The summed E-state index contributed by atoms with van der Waals surface area (Å²) < 4.78 is 6.41. The Balaban J connectivity index is 1.41. The number of ether oxygens (including phenoxy) is 1. The van der Waals surface area contributed by atoms with Crippen LogP contribution in [-0.4, -0.2) is 24.3 Å². The van der Waals surface area contributed by atoms with Gasteiger partial charge in [-0.25, -0.2) is 0 Å². The quantitative estimate of drug-likeness (QED) is 0.823. The summed E-state index contributed by atoms with van der Waals surface area (Å²) in [6, 6.07) is 0.699. The molecule has 0 bridgehead atoms. The molecule has 104 valence electrons. The second-order valence-electron chi connectivity index (χ2n) is 6.91. The first kappa shape index (κ1) is 12.9. The molecule has 0 amide bonds. The molecule has 3 rings (SSSR count). The first-order valence-corrected chi connectivity index (χ1v) is 8.19. The molecule has 2 saturated carbocycles. The first-order chi connectivity index (χ1) is 8.77. The molecule has 1 saturated heterocycles. The molecule has 1 aliphatic heterocycles. The molecule has 2 aliphatic carbocycles. The van der Waals surface area contributed by atoms with E-state index in [-0.39, 0.29) is 0 Å². The van der Waals surface area contributed by atoms with Crippen LogP contribution in [0.4, 0.5) is 0 Å². The van der Waals surface area contributed by atoms with E-state index in [9.17, 15) is 0 Å². The molecule has 2 atom stereocenters. The van der Waals surface area contributed by atoms with Crippen LogP contribution in [-0.2, 0) is 4.74 Å². The Morgan fingerprint density at radius 3 is 2.50 bits per heavy atom. The summed E-state index contributed by atoms with van der Waals surface area (Å²) in [5.41, 5.74) is 0.296. The number of nitrogens with one attached hydrogen (secondary N) is 1. The van der Waals surface area contributed by atoms with E-state index in [0.717, 1.165) is 12.5 Å². The molecule has 3 fully saturated rings.